The lowest BCUT2D eigenvalue weighted by molar-refractivity contribution is -0.111. The molecule has 10 nitrogen and oxygen atoms in total. The van der Waals surface area contributed by atoms with Gasteiger partial charge in [0.15, 0.2) is 0 Å². The van der Waals surface area contributed by atoms with Gasteiger partial charge < -0.3 is 25.2 Å². The van der Waals surface area contributed by atoms with Crippen LogP contribution >= 0.6 is 0 Å². The molecule has 1 aliphatic rings. The number of pyridine rings is 1. The van der Waals surface area contributed by atoms with Gasteiger partial charge in [-0.15, -0.1) is 0 Å². The highest BCUT2D eigenvalue weighted by atomic mass is 19.1. The van der Waals surface area contributed by atoms with E-state index >= 15 is 4.39 Å². The average molecular weight is 544 g/mol. The fourth-order valence-corrected chi connectivity index (χ4v) is 4.76. The maximum absolute atomic E-state index is 15.2. The van der Waals surface area contributed by atoms with Crippen LogP contribution in [-0.2, 0) is 11.8 Å². The monoisotopic (exact) mass is 543 g/mol. The first-order chi connectivity index (χ1) is 19.4. The van der Waals surface area contributed by atoms with Crippen molar-refractivity contribution < 1.29 is 14.3 Å². The lowest BCUT2D eigenvalue weighted by Gasteiger charge is -2.35. The van der Waals surface area contributed by atoms with Crippen LogP contribution in [0.4, 0.5) is 27.4 Å². The fraction of sp³-hybridized carbons (Fsp3) is 0.241. The first-order valence-electron chi connectivity index (χ1n) is 12.9. The van der Waals surface area contributed by atoms with Crippen LogP contribution in [0.2, 0.25) is 0 Å². The van der Waals surface area contributed by atoms with E-state index in [1.807, 2.05) is 12.1 Å². The van der Waals surface area contributed by atoms with Crippen molar-refractivity contribution >= 4 is 40.0 Å². The number of nitrogens with one attached hydrogen (secondary N) is 2. The van der Waals surface area contributed by atoms with Crippen LogP contribution in [0.3, 0.4) is 0 Å². The molecule has 0 atom stereocenters. The highest BCUT2D eigenvalue weighted by Crippen LogP contribution is 2.30. The van der Waals surface area contributed by atoms with Crippen LogP contribution in [0.25, 0.3) is 22.2 Å². The first-order valence-corrected chi connectivity index (χ1v) is 12.9. The van der Waals surface area contributed by atoms with E-state index in [0.717, 1.165) is 31.9 Å². The van der Waals surface area contributed by atoms with Crippen LogP contribution in [0.15, 0.2) is 72.2 Å². The number of hydrogen-bond donors (Lipinski definition) is 3. The Balaban J connectivity index is 1.43. The molecule has 0 aliphatic carbocycles. The number of aromatic nitrogens is 3. The van der Waals surface area contributed by atoms with Crippen LogP contribution in [0.5, 0.6) is 0 Å². The molecule has 11 heteroatoms. The van der Waals surface area contributed by atoms with E-state index in [-0.39, 0.29) is 29.7 Å². The number of aryl methyl sites for hydroxylation is 1. The smallest absolute Gasteiger partial charge is 0.251 e. The zero-order valence-corrected chi connectivity index (χ0v) is 22.1. The van der Waals surface area contributed by atoms with Gasteiger partial charge in [0.25, 0.3) is 5.56 Å². The summed E-state index contributed by atoms with van der Waals surface area (Å²) in [7, 11) is 1.63. The molecule has 0 spiro atoms. The average Bonchev–Trinajstić information content (AvgIpc) is 2.96. The van der Waals surface area contributed by atoms with Crippen molar-refractivity contribution in [2.24, 2.45) is 7.05 Å². The maximum atomic E-state index is 15.2. The maximum Gasteiger partial charge on any atom is 0.251 e. The summed E-state index contributed by atoms with van der Waals surface area (Å²) in [5, 5.41) is 14.8. The SMILES string of the molecule is C=CC(=O)Nc1cccc(-c2cc(=O)n(C)c3cnc(Nc4ccc(N5CCN(CCO)CC5)cc4F)nc23)c1. The van der Waals surface area contributed by atoms with Crippen molar-refractivity contribution in [3.05, 3.63) is 83.6 Å². The standard InChI is InChI=1S/C29H30FN7O3/c1-3-26(39)32-20-6-4-5-19(15-20)22-17-27(40)35(2)25-18-31-29(34-28(22)25)33-24-8-7-21(16-23(24)30)37-11-9-36(10-12-37)13-14-38/h3-8,15-18,38H,1,9-14H2,2H3,(H,32,39)(H,31,33,34). The fourth-order valence-electron chi connectivity index (χ4n) is 4.76. The predicted molar refractivity (Wildman–Crippen MR) is 154 cm³/mol. The molecule has 1 aliphatic heterocycles. The number of carbonyl (C=O) groups is 1. The van der Waals surface area contributed by atoms with Crippen molar-refractivity contribution in [3.8, 4) is 11.1 Å². The number of benzene rings is 2. The number of piperazine rings is 1. The molecule has 40 heavy (non-hydrogen) atoms. The van der Waals surface area contributed by atoms with Gasteiger partial charge in [0.1, 0.15) is 11.3 Å². The summed E-state index contributed by atoms with van der Waals surface area (Å²) in [5.74, 6) is -0.616. The summed E-state index contributed by atoms with van der Waals surface area (Å²) in [4.78, 5) is 37.8. The number of aliphatic hydroxyl groups is 1. The van der Waals surface area contributed by atoms with Crippen molar-refractivity contribution in [1.82, 2.24) is 19.4 Å². The molecule has 3 N–H and O–H groups in total. The quantitative estimate of drug-likeness (QED) is 0.291. The number of amides is 1. The molecule has 1 fully saturated rings. The van der Waals surface area contributed by atoms with Crippen molar-refractivity contribution in [2.45, 2.75) is 0 Å². The molecule has 1 amide bonds. The lowest BCUT2D eigenvalue weighted by Crippen LogP contribution is -2.47. The Hall–Kier alpha value is -4.61. The first kappa shape index (κ1) is 27.0. The molecule has 5 rings (SSSR count). The molecule has 2 aromatic carbocycles. The van der Waals surface area contributed by atoms with Crippen LogP contribution in [-0.4, -0.2) is 69.8 Å². The van der Waals surface area contributed by atoms with Crippen molar-refractivity contribution in [3.63, 3.8) is 0 Å². The number of anilines is 4. The van der Waals surface area contributed by atoms with E-state index in [9.17, 15) is 9.59 Å². The molecule has 0 unspecified atom stereocenters. The van der Waals surface area contributed by atoms with Gasteiger partial charge in [-0.05, 0) is 42.0 Å². The summed E-state index contributed by atoms with van der Waals surface area (Å²) in [6.07, 6.45) is 2.70. The largest absolute Gasteiger partial charge is 0.395 e. The van der Waals surface area contributed by atoms with Crippen molar-refractivity contribution in [2.75, 3.05) is 54.9 Å². The summed E-state index contributed by atoms with van der Waals surface area (Å²) in [6.45, 7) is 7.35. The predicted octanol–water partition coefficient (Wildman–Crippen LogP) is 3.12. The second kappa shape index (κ2) is 11.6. The molecule has 4 aromatic rings. The van der Waals surface area contributed by atoms with Crippen molar-refractivity contribution in [1.29, 1.82) is 0 Å². The second-order valence-corrected chi connectivity index (χ2v) is 9.50. The van der Waals surface area contributed by atoms with Gasteiger partial charge in [-0.3, -0.25) is 14.5 Å². The minimum atomic E-state index is -0.440. The Morgan fingerprint density at radius 1 is 1.15 bits per heavy atom. The molecule has 0 saturated carbocycles. The van der Waals surface area contributed by atoms with E-state index in [1.165, 1.54) is 29.0 Å². The van der Waals surface area contributed by atoms with E-state index in [4.69, 9.17) is 5.11 Å². The highest BCUT2D eigenvalue weighted by molar-refractivity contribution is 6.00. The minimum absolute atomic E-state index is 0.129. The van der Waals surface area contributed by atoms with E-state index < -0.39 is 5.82 Å². The summed E-state index contributed by atoms with van der Waals surface area (Å²) in [5.41, 5.74) is 3.52. The van der Waals surface area contributed by atoms with Gasteiger partial charge >= 0.3 is 0 Å². The third-order valence-electron chi connectivity index (χ3n) is 6.96. The lowest BCUT2D eigenvalue weighted by atomic mass is 10.0. The van der Waals surface area contributed by atoms with Gasteiger partial charge in [0.2, 0.25) is 11.9 Å². The van der Waals surface area contributed by atoms with Crippen LogP contribution < -0.4 is 21.1 Å². The summed E-state index contributed by atoms with van der Waals surface area (Å²) in [6, 6.07) is 13.5. The number of halogens is 1. The van der Waals surface area contributed by atoms with Gasteiger partial charge in [0.05, 0.1) is 24.0 Å². The molecule has 0 radical (unpaired) electrons. The molecular formula is C29H30FN7O3. The Morgan fingerprint density at radius 3 is 2.67 bits per heavy atom. The Labute approximate surface area is 230 Å². The number of hydrogen-bond acceptors (Lipinski definition) is 8. The zero-order chi connectivity index (χ0) is 28.2. The molecule has 3 heterocycles. The number of fused-ring (bicyclic) bond motifs is 1. The normalized spacial score (nSPS) is 13.8. The van der Waals surface area contributed by atoms with E-state index in [0.29, 0.717) is 34.4 Å². The molecule has 1 saturated heterocycles. The number of rotatable bonds is 8. The summed E-state index contributed by atoms with van der Waals surface area (Å²) >= 11 is 0. The Bertz CT molecular complexity index is 1630. The van der Waals surface area contributed by atoms with Crippen LogP contribution in [0, 0.1) is 5.82 Å². The molecule has 206 valence electrons. The molecule has 2 aromatic heterocycles. The Kier molecular flexibility index (Phi) is 7.85. The number of carbonyl (C=O) groups excluding carboxylic acids is 1. The van der Waals surface area contributed by atoms with Gasteiger partial charge in [-0.25, -0.2) is 14.4 Å². The zero-order valence-electron chi connectivity index (χ0n) is 22.1. The number of aliphatic hydroxyl groups excluding tert-OH is 1. The number of nitrogens with zero attached hydrogens (tertiary/aromatic N) is 5. The molecule has 0 bridgehead atoms. The summed E-state index contributed by atoms with van der Waals surface area (Å²) < 4.78 is 16.6. The molecular weight excluding hydrogens is 513 g/mol. The van der Waals surface area contributed by atoms with Gasteiger partial charge in [-0.2, -0.15) is 0 Å². The Morgan fingerprint density at radius 2 is 1.95 bits per heavy atom. The van der Waals surface area contributed by atoms with Gasteiger partial charge in [-0.1, -0.05) is 18.7 Å². The van der Waals surface area contributed by atoms with E-state index in [2.05, 4.69) is 37.0 Å². The number of β-amino-alcohol motifs (C(OH)–C–C–N with tert-alkyl or cyclic N) is 1. The second-order valence-electron chi connectivity index (χ2n) is 9.50. The third-order valence-corrected chi connectivity index (χ3v) is 6.96. The van der Waals surface area contributed by atoms with Crippen LogP contribution in [0.1, 0.15) is 0 Å². The topological polar surface area (TPSA) is 116 Å². The van der Waals surface area contributed by atoms with E-state index in [1.54, 1.807) is 31.3 Å². The third kappa shape index (κ3) is 5.70. The highest BCUT2D eigenvalue weighted by Gasteiger charge is 2.18. The minimum Gasteiger partial charge on any atom is -0.395 e. The van der Waals surface area contributed by atoms with Gasteiger partial charge in [0, 0.05) is 62.8 Å².